The molecule has 1 fully saturated rings. The van der Waals surface area contributed by atoms with Crippen LogP contribution in [-0.2, 0) is 4.79 Å². The topological polar surface area (TPSA) is 49.4 Å². The lowest BCUT2D eigenvalue weighted by Crippen LogP contribution is -2.26. The van der Waals surface area contributed by atoms with Gasteiger partial charge >= 0.3 is 0 Å². The summed E-state index contributed by atoms with van der Waals surface area (Å²) in [5.41, 5.74) is 2.30. The number of anilines is 2. The van der Waals surface area contributed by atoms with Gasteiger partial charge in [-0.1, -0.05) is 53.0 Å². The number of ketones is 1. The zero-order chi connectivity index (χ0) is 24.6. The van der Waals surface area contributed by atoms with Crippen LogP contribution < -0.4 is 10.2 Å². The second-order valence-electron chi connectivity index (χ2n) is 8.13. The van der Waals surface area contributed by atoms with Crippen LogP contribution in [0.3, 0.4) is 0 Å². The average molecular weight is 557 g/mol. The van der Waals surface area contributed by atoms with Crippen LogP contribution >= 0.6 is 58.0 Å². The Morgan fingerprint density at radius 1 is 0.941 bits per heavy atom. The second-order valence-corrected chi connectivity index (χ2v) is 10.9. The van der Waals surface area contributed by atoms with E-state index in [1.165, 1.54) is 0 Å². The zero-order valence-corrected chi connectivity index (χ0v) is 21.6. The van der Waals surface area contributed by atoms with E-state index in [-0.39, 0.29) is 18.2 Å². The summed E-state index contributed by atoms with van der Waals surface area (Å²) >= 11 is 31.3. The van der Waals surface area contributed by atoms with E-state index in [4.69, 9.17) is 58.0 Å². The van der Waals surface area contributed by atoms with E-state index in [9.17, 15) is 9.59 Å². The molecule has 0 bridgehead atoms. The van der Waals surface area contributed by atoms with Crippen molar-refractivity contribution in [2.75, 3.05) is 23.8 Å². The fourth-order valence-corrected chi connectivity index (χ4v) is 5.53. The van der Waals surface area contributed by atoms with Crippen LogP contribution in [0.4, 0.5) is 11.4 Å². The van der Waals surface area contributed by atoms with Gasteiger partial charge in [-0.3, -0.25) is 9.59 Å². The molecule has 3 aromatic carbocycles. The molecule has 34 heavy (non-hydrogen) atoms. The molecule has 2 atom stereocenters. The smallest absolute Gasteiger partial charge is 0.231 e. The van der Waals surface area contributed by atoms with E-state index in [1.54, 1.807) is 36.4 Å². The minimum atomic E-state index is -1.30. The Kier molecular flexibility index (Phi) is 7.37. The summed E-state index contributed by atoms with van der Waals surface area (Å²) in [7, 11) is 1.82. The van der Waals surface area contributed by atoms with Crippen molar-refractivity contribution in [3.05, 3.63) is 92.9 Å². The third kappa shape index (κ3) is 5.32. The number of rotatable bonds is 7. The SMILES string of the molecule is CN(CC(=O)c1cc(NC(=O)C2C(c3cc(Cl)cc(Cl)c3)C2(Cl)Cl)ccc1Cl)c1ccccc1. The van der Waals surface area contributed by atoms with Crippen LogP contribution in [0.15, 0.2) is 66.7 Å². The molecule has 2 unspecified atom stereocenters. The first-order valence-electron chi connectivity index (χ1n) is 10.3. The van der Waals surface area contributed by atoms with E-state index in [1.807, 2.05) is 42.3 Å². The number of nitrogens with one attached hydrogen (secondary N) is 1. The Labute approximate surface area is 222 Å². The van der Waals surface area contributed by atoms with E-state index < -0.39 is 16.2 Å². The molecule has 4 rings (SSSR count). The summed E-state index contributed by atoms with van der Waals surface area (Å²) in [6.07, 6.45) is 0. The highest BCUT2D eigenvalue weighted by Gasteiger charge is 2.67. The first kappa shape index (κ1) is 25.2. The van der Waals surface area contributed by atoms with Crippen LogP contribution in [0.1, 0.15) is 21.8 Å². The monoisotopic (exact) mass is 554 g/mol. The van der Waals surface area contributed by atoms with Gasteiger partial charge in [0.25, 0.3) is 0 Å². The fraction of sp³-hybridized carbons (Fsp3) is 0.200. The number of para-hydroxylation sites is 1. The Balaban J connectivity index is 1.49. The maximum atomic E-state index is 13.0. The lowest BCUT2D eigenvalue weighted by atomic mass is 10.1. The highest BCUT2D eigenvalue weighted by Crippen LogP contribution is 2.65. The van der Waals surface area contributed by atoms with Crippen molar-refractivity contribution < 1.29 is 9.59 Å². The van der Waals surface area contributed by atoms with Crippen molar-refractivity contribution in [3.63, 3.8) is 0 Å². The van der Waals surface area contributed by atoms with Crippen molar-refractivity contribution in [3.8, 4) is 0 Å². The largest absolute Gasteiger partial charge is 0.367 e. The summed E-state index contributed by atoms with van der Waals surface area (Å²) in [5.74, 6) is -1.76. The number of hydrogen-bond acceptors (Lipinski definition) is 3. The van der Waals surface area contributed by atoms with Crippen molar-refractivity contribution in [1.29, 1.82) is 0 Å². The molecule has 0 radical (unpaired) electrons. The number of amides is 1. The molecule has 9 heteroatoms. The van der Waals surface area contributed by atoms with Gasteiger partial charge in [0, 0.05) is 39.9 Å². The van der Waals surface area contributed by atoms with Gasteiger partial charge in [-0.05, 0) is 54.1 Å². The lowest BCUT2D eigenvalue weighted by molar-refractivity contribution is -0.117. The number of alkyl halides is 2. The normalized spacial score (nSPS) is 18.3. The van der Waals surface area contributed by atoms with Crippen LogP contribution in [-0.4, -0.2) is 29.6 Å². The minimum Gasteiger partial charge on any atom is -0.367 e. The number of benzene rings is 3. The Morgan fingerprint density at radius 2 is 1.59 bits per heavy atom. The molecule has 0 heterocycles. The number of carbonyl (C=O) groups is 2. The van der Waals surface area contributed by atoms with Gasteiger partial charge in [-0.25, -0.2) is 0 Å². The Hall–Kier alpha value is -1.95. The molecule has 4 nitrogen and oxygen atoms in total. The fourth-order valence-electron chi connectivity index (χ4n) is 3.93. The molecule has 0 aliphatic heterocycles. The van der Waals surface area contributed by atoms with Gasteiger partial charge in [0.1, 0.15) is 4.33 Å². The zero-order valence-electron chi connectivity index (χ0n) is 17.9. The summed E-state index contributed by atoms with van der Waals surface area (Å²) in [5, 5.41) is 3.95. The lowest BCUT2D eigenvalue weighted by Gasteiger charge is -2.19. The molecule has 0 spiro atoms. The van der Waals surface area contributed by atoms with Gasteiger partial charge in [0.15, 0.2) is 5.78 Å². The first-order valence-corrected chi connectivity index (χ1v) is 12.2. The predicted molar refractivity (Wildman–Crippen MR) is 141 cm³/mol. The molecule has 3 aromatic rings. The van der Waals surface area contributed by atoms with E-state index >= 15 is 0 Å². The molecule has 1 aliphatic rings. The molecule has 176 valence electrons. The van der Waals surface area contributed by atoms with Gasteiger partial charge < -0.3 is 10.2 Å². The average Bonchev–Trinajstić information content (AvgIpc) is 3.37. The number of hydrogen-bond donors (Lipinski definition) is 1. The third-order valence-corrected chi connectivity index (χ3v) is 7.40. The molecular formula is C25H19Cl5N2O2. The predicted octanol–water partition coefficient (Wildman–Crippen LogP) is 7.49. The molecule has 1 amide bonds. The summed E-state index contributed by atoms with van der Waals surface area (Å²) in [6, 6.07) is 19.2. The highest BCUT2D eigenvalue weighted by molar-refractivity contribution is 6.53. The molecule has 0 saturated heterocycles. The van der Waals surface area contributed by atoms with Gasteiger partial charge in [-0.2, -0.15) is 0 Å². The summed E-state index contributed by atoms with van der Waals surface area (Å²) in [4.78, 5) is 27.8. The van der Waals surface area contributed by atoms with Gasteiger partial charge in [-0.15, -0.1) is 23.2 Å². The van der Waals surface area contributed by atoms with Crippen LogP contribution in [0.2, 0.25) is 15.1 Å². The van der Waals surface area contributed by atoms with E-state index in [0.717, 1.165) is 5.69 Å². The number of carbonyl (C=O) groups excluding carboxylic acids is 2. The van der Waals surface area contributed by atoms with Crippen LogP contribution in [0, 0.1) is 5.92 Å². The van der Waals surface area contributed by atoms with Crippen molar-refractivity contribution in [2.45, 2.75) is 10.3 Å². The quantitative estimate of drug-likeness (QED) is 0.242. The molecule has 1 N–H and O–H groups in total. The Bertz CT molecular complexity index is 1230. The van der Waals surface area contributed by atoms with E-state index in [0.29, 0.717) is 31.9 Å². The van der Waals surface area contributed by atoms with Crippen LogP contribution in [0.5, 0.6) is 0 Å². The minimum absolute atomic E-state index is 0.119. The van der Waals surface area contributed by atoms with Crippen molar-refractivity contribution >= 4 is 81.1 Å². The van der Waals surface area contributed by atoms with Gasteiger partial charge in [0.2, 0.25) is 5.91 Å². The maximum absolute atomic E-state index is 13.0. The number of likely N-dealkylation sites (N-methyl/N-ethyl adjacent to an activating group) is 1. The second kappa shape index (κ2) is 9.96. The van der Waals surface area contributed by atoms with Crippen molar-refractivity contribution in [2.24, 2.45) is 5.92 Å². The number of halogens is 5. The molecule has 1 aliphatic carbocycles. The standard InChI is InChI=1S/C25H19Cl5N2O2/c1-32(18-5-3-2-4-6-18)13-21(33)19-12-17(7-8-20(19)28)31-24(34)23-22(25(23,29)30)14-9-15(26)11-16(27)10-14/h2-12,22-23H,13H2,1H3,(H,31,34). The number of Topliss-reactive ketones (excluding diaryl/α,β-unsaturated/α-hetero) is 1. The first-order chi connectivity index (χ1) is 16.1. The Morgan fingerprint density at radius 3 is 2.24 bits per heavy atom. The van der Waals surface area contributed by atoms with Gasteiger partial charge in [0.05, 0.1) is 17.5 Å². The van der Waals surface area contributed by atoms with Crippen molar-refractivity contribution in [1.82, 2.24) is 0 Å². The summed E-state index contributed by atoms with van der Waals surface area (Å²) < 4.78 is -1.30. The van der Waals surface area contributed by atoms with Crippen LogP contribution in [0.25, 0.3) is 0 Å². The third-order valence-electron chi connectivity index (χ3n) is 5.69. The maximum Gasteiger partial charge on any atom is 0.231 e. The molecule has 1 saturated carbocycles. The molecular weight excluding hydrogens is 538 g/mol. The molecule has 0 aromatic heterocycles. The number of nitrogens with zero attached hydrogens (tertiary/aromatic N) is 1. The van der Waals surface area contributed by atoms with E-state index in [2.05, 4.69) is 5.32 Å². The highest BCUT2D eigenvalue weighted by atomic mass is 35.5. The summed E-state index contributed by atoms with van der Waals surface area (Å²) in [6.45, 7) is 0.119.